The van der Waals surface area contributed by atoms with Crippen molar-refractivity contribution in [2.24, 2.45) is 24.3 Å². The lowest BCUT2D eigenvalue weighted by atomic mass is 9.93. The van der Waals surface area contributed by atoms with Gasteiger partial charge in [0.15, 0.2) is 0 Å². The van der Waals surface area contributed by atoms with E-state index in [2.05, 4.69) is 30.5 Å². The minimum atomic E-state index is -3.79. The largest absolute Gasteiger partial charge is 0.395 e. The molecule has 2 aliphatic heterocycles. The third-order valence-electron chi connectivity index (χ3n) is 9.58. The molecule has 2 unspecified atom stereocenters. The van der Waals surface area contributed by atoms with Crippen LogP contribution < -0.4 is 19.8 Å². The van der Waals surface area contributed by atoms with E-state index in [4.69, 9.17) is 5.11 Å². The molecule has 7 rings (SSSR count). The minimum Gasteiger partial charge on any atom is -0.395 e. The normalized spacial score (nSPS) is 23.1. The highest BCUT2D eigenvalue weighted by molar-refractivity contribution is 7.89. The molecule has 0 bridgehead atoms. The molecule has 9 nitrogen and oxygen atoms in total. The Bertz CT molecular complexity index is 1570. The number of aliphatic hydroxyl groups is 1. The lowest BCUT2D eigenvalue weighted by Crippen LogP contribution is -2.35. The van der Waals surface area contributed by atoms with Gasteiger partial charge in [0.05, 0.1) is 34.1 Å². The number of hydrogen-bond acceptors (Lipinski definition) is 6. The number of sulfonamides is 1. The van der Waals surface area contributed by atoms with Gasteiger partial charge in [-0.15, -0.1) is 0 Å². The Labute approximate surface area is 235 Å². The molecule has 3 N–H and O–H groups in total. The Balaban J connectivity index is 1.21. The smallest absolute Gasteiger partial charge is 0.255 e. The number of amides is 1. The average Bonchev–Trinajstić information content (AvgIpc) is 3.81. The molecule has 2 aliphatic carbocycles. The van der Waals surface area contributed by atoms with Crippen LogP contribution in [0.25, 0.3) is 10.9 Å². The molecular weight excluding hydrogens is 526 g/mol. The van der Waals surface area contributed by atoms with E-state index in [0.29, 0.717) is 16.7 Å². The predicted octanol–water partition coefficient (Wildman–Crippen LogP) is 3.54. The molecule has 1 spiro atoms. The summed E-state index contributed by atoms with van der Waals surface area (Å²) in [5.41, 5.74) is 4.63. The van der Waals surface area contributed by atoms with Gasteiger partial charge in [0.2, 0.25) is 10.0 Å². The number of aromatic nitrogens is 1. The van der Waals surface area contributed by atoms with Crippen molar-refractivity contribution in [2.75, 3.05) is 54.4 Å². The zero-order valence-electron chi connectivity index (χ0n) is 22.9. The number of fused-ring (bicyclic) bond motifs is 2. The first kappa shape index (κ1) is 25.9. The molecule has 212 valence electrons. The number of hydrogen-bond donors (Lipinski definition) is 3. The van der Waals surface area contributed by atoms with Gasteiger partial charge in [0.25, 0.3) is 5.91 Å². The van der Waals surface area contributed by atoms with Crippen LogP contribution in [0.3, 0.4) is 0 Å². The second kappa shape index (κ2) is 9.49. The van der Waals surface area contributed by atoms with E-state index in [0.717, 1.165) is 73.1 Å². The van der Waals surface area contributed by atoms with Crippen LogP contribution >= 0.6 is 0 Å². The van der Waals surface area contributed by atoms with E-state index in [1.807, 2.05) is 25.4 Å². The van der Waals surface area contributed by atoms with Crippen molar-refractivity contribution in [1.29, 1.82) is 0 Å². The van der Waals surface area contributed by atoms with Crippen LogP contribution in [0.1, 0.15) is 42.5 Å². The fourth-order valence-corrected chi connectivity index (χ4v) is 7.83. The van der Waals surface area contributed by atoms with Crippen LogP contribution in [0.2, 0.25) is 0 Å². The van der Waals surface area contributed by atoms with Crippen molar-refractivity contribution >= 4 is 43.9 Å². The topological polar surface area (TPSA) is 107 Å². The molecule has 10 heteroatoms. The quantitative estimate of drug-likeness (QED) is 0.387. The van der Waals surface area contributed by atoms with Crippen molar-refractivity contribution in [1.82, 2.24) is 9.29 Å². The summed E-state index contributed by atoms with van der Waals surface area (Å²) in [7, 11) is -1.74. The van der Waals surface area contributed by atoms with Crippen LogP contribution in [0.15, 0.2) is 47.5 Å². The van der Waals surface area contributed by atoms with E-state index in [1.54, 1.807) is 12.1 Å². The SMILES string of the molecule is Cn1ccc2cc(C(=O)Nc3ccc(S(=O)(=O)NCCO)cc3N3CCC4(CC3)CC4)cc(N3CC4CC4C3)c21. The number of anilines is 3. The number of rotatable bonds is 8. The molecular formula is C30H37N5O4S. The van der Waals surface area contributed by atoms with Gasteiger partial charge in [0.1, 0.15) is 0 Å². The Morgan fingerprint density at radius 2 is 1.75 bits per heavy atom. The number of carbonyl (C=O) groups is 1. The molecule has 0 radical (unpaired) electrons. The van der Waals surface area contributed by atoms with Crippen molar-refractivity contribution in [3.63, 3.8) is 0 Å². The number of carbonyl (C=O) groups excluding carboxylic acids is 1. The summed E-state index contributed by atoms with van der Waals surface area (Å²) in [5, 5.41) is 13.3. The summed E-state index contributed by atoms with van der Waals surface area (Å²) in [5.74, 6) is 1.34. The van der Waals surface area contributed by atoms with Gasteiger partial charge in [-0.1, -0.05) is 0 Å². The number of piperidine rings is 2. The minimum absolute atomic E-state index is 0.0504. The maximum atomic E-state index is 13.8. The van der Waals surface area contributed by atoms with Crippen molar-refractivity contribution in [3.05, 3.63) is 48.2 Å². The molecule has 4 aliphatic rings. The zero-order valence-corrected chi connectivity index (χ0v) is 23.7. The molecule has 3 aromatic rings. The average molecular weight is 564 g/mol. The third-order valence-corrected chi connectivity index (χ3v) is 11.0. The highest BCUT2D eigenvalue weighted by atomic mass is 32.2. The summed E-state index contributed by atoms with van der Waals surface area (Å²) in [4.78, 5) is 18.5. The monoisotopic (exact) mass is 563 g/mol. The fraction of sp³-hybridized carbons (Fsp3) is 0.500. The molecule has 4 fully saturated rings. The van der Waals surface area contributed by atoms with Gasteiger partial charge in [-0.05, 0) is 85.8 Å². The maximum absolute atomic E-state index is 13.8. The lowest BCUT2D eigenvalue weighted by Gasteiger charge is -2.35. The summed E-state index contributed by atoms with van der Waals surface area (Å²) in [6.07, 6.45) is 8.05. The van der Waals surface area contributed by atoms with E-state index < -0.39 is 10.0 Å². The molecule has 40 heavy (non-hydrogen) atoms. The van der Waals surface area contributed by atoms with Crippen LogP contribution in [0, 0.1) is 17.3 Å². The van der Waals surface area contributed by atoms with Crippen LogP contribution in [-0.2, 0) is 17.1 Å². The van der Waals surface area contributed by atoms with E-state index in [-0.39, 0.29) is 24.0 Å². The van der Waals surface area contributed by atoms with E-state index in [9.17, 15) is 13.2 Å². The second-order valence-corrected chi connectivity index (χ2v) is 14.0. The fourth-order valence-electron chi connectivity index (χ4n) is 6.79. The number of aliphatic hydroxyl groups excluding tert-OH is 1. The third kappa shape index (κ3) is 4.65. The molecule has 2 atom stereocenters. The Hall–Kier alpha value is -3.08. The molecule has 1 amide bonds. The van der Waals surface area contributed by atoms with Crippen molar-refractivity contribution < 1.29 is 18.3 Å². The molecule has 3 heterocycles. The molecule has 2 saturated heterocycles. The molecule has 1 aromatic heterocycles. The maximum Gasteiger partial charge on any atom is 0.255 e. The predicted molar refractivity (Wildman–Crippen MR) is 157 cm³/mol. The molecule has 2 saturated carbocycles. The Kier molecular flexibility index (Phi) is 6.14. The number of benzene rings is 2. The number of aryl methyl sites for hydroxylation is 1. The van der Waals surface area contributed by atoms with E-state index in [1.165, 1.54) is 25.3 Å². The number of nitrogens with zero attached hydrogens (tertiary/aromatic N) is 3. The van der Waals surface area contributed by atoms with E-state index >= 15 is 0 Å². The second-order valence-electron chi connectivity index (χ2n) is 12.3. The van der Waals surface area contributed by atoms with Gasteiger partial charge in [0, 0.05) is 56.9 Å². The number of nitrogens with one attached hydrogen (secondary N) is 2. The van der Waals surface area contributed by atoms with Crippen molar-refractivity contribution in [2.45, 2.75) is 37.0 Å². The summed E-state index contributed by atoms with van der Waals surface area (Å²) in [6, 6.07) is 10.9. The van der Waals surface area contributed by atoms with Crippen LogP contribution in [0.5, 0.6) is 0 Å². The first-order chi connectivity index (χ1) is 19.2. The lowest BCUT2D eigenvalue weighted by molar-refractivity contribution is 0.102. The first-order valence-electron chi connectivity index (χ1n) is 14.4. The summed E-state index contributed by atoms with van der Waals surface area (Å²) < 4.78 is 30.3. The zero-order chi connectivity index (χ0) is 27.6. The molecule has 2 aromatic carbocycles. The van der Waals surface area contributed by atoms with Gasteiger partial charge < -0.3 is 24.8 Å². The summed E-state index contributed by atoms with van der Waals surface area (Å²) >= 11 is 0. The highest BCUT2D eigenvalue weighted by Crippen LogP contribution is 2.54. The van der Waals surface area contributed by atoms with Crippen molar-refractivity contribution in [3.8, 4) is 0 Å². The van der Waals surface area contributed by atoms with Gasteiger partial charge in [-0.25, -0.2) is 13.1 Å². The first-order valence-corrected chi connectivity index (χ1v) is 15.9. The van der Waals surface area contributed by atoms with Gasteiger partial charge in [-0.3, -0.25) is 4.79 Å². The van der Waals surface area contributed by atoms with Gasteiger partial charge in [-0.2, -0.15) is 0 Å². The summed E-state index contributed by atoms with van der Waals surface area (Å²) in [6.45, 7) is 3.40. The standard InChI is InChI=1S/C30H37N5O4S/c1-33-10-4-20-14-21(16-27(28(20)33)35-18-22-15-23(22)19-35)29(37)32-25-3-2-24(40(38,39)31-9-13-36)17-26(25)34-11-7-30(5-6-30)8-12-34/h2-4,10,14,16-17,22-23,31,36H,5-9,11-13,15,18-19H2,1H3,(H,32,37). The van der Waals surface area contributed by atoms with Crippen LogP contribution in [-0.4, -0.2) is 63.3 Å². The Morgan fingerprint density at radius 1 is 1.00 bits per heavy atom. The Morgan fingerprint density at radius 3 is 2.45 bits per heavy atom. The van der Waals surface area contributed by atoms with Gasteiger partial charge >= 0.3 is 0 Å². The van der Waals surface area contributed by atoms with Crippen LogP contribution in [0.4, 0.5) is 17.1 Å². The highest BCUT2D eigenvalue weighted by Gasteiger charge is 2.46.